The lowest BCUT2D eigenvalue weighted by Crippen LogP contribution is -2.15. The first kappa shape index (κ1) is 26.0. The number of aromatic nitrogens is 2. The molecule has 33 heavy (non-hydrogen) atoms. The first-order chi connectivity index (χ1) is 16.3. The minimum Gasteiger partial charge on any atom is -0.494 e. The quantitative estimate of drug-likeness (QED) is 0.229. The molecule has 1 aromatic heterocycles. The van der Waals surface area contributed by atoms with Crippen LogP contribution in [0.25, 0.3) is 10.6 Å². The molecule has 0 bridgehead atoms. The predicted octanol–water partition coefficient (Wildman–Crippen LogP) is 8.71. The summed E-state index contributed by atoms with van der Waals surface area (Å²) in [5.74, 6) is 2.81. The van der Waals surface area contributed by atoms with Crippen molar-refractivity contribution in [1.82, 2.24) is 10.2 Å². The SMILES string of the molecule is CCCCCCOc1ccc(-c2nnc(OCCC[C@H]3CC[C@H](CCCCC)CC3)s2)cc1. The van der Waals surface area contributed by atoms with E-state index in [9.17, 15) is 0 Å². The van der Waals surface area contributed by atoms with Gasteiger partial charge in [-0.15, -0.1) is 5.10 Å². The Labute approximate surface area is 205 Å². The summed E-state index contributed by atoms with van der Waals surface area (Å²) in [5, 5.41) is 10.1. The summed E-state index contributed by atoms with van der Waals surface area (Å²) >= 11 is 1.53. The van der Waals surface area contributed by atoms with Crippen LogP contribution in [0.5, 0.6) is 10.9 Å². The zero-order valence-corrected chi connectivity index (χ0v) is 21.7. The van der Waals surface area contributed by atoms with Crippen LogP contribution in [0, 0.1) is 11.8 Å². The summed E-state index contributed by atoms with van der Waals surface area (Å²) in [6.07, 6.45) is 18.6. The van der Waals surface area contributed by atoms with E-state index in [2.05, 4.69) is 36.2 Å². The maximum Gasteiger partial charge on any atom is 0.294 e. The fraction of sp³-hybridized carbons (Fsp3) is 0.714. The molecule has 1 heterocycles. The number of hydrogen-bond acceptors (Lipinski definition) is 5. The van der Waals surface area contributed by atoms with Gasteiger partial charge in [0.15, 0.2) is 5.01 Å². The lowest BCUT2D eigenvalue weighted by atomic mass is 9.78. The zero-order chi connectivity index (χ0) is 23.1. The van der Waals surface area contributed by atoms with Gasteiger partial charge in [-0.25, -0.2) is 0 Å². The highest BCUT2D eigenvalue weighted by molar-refractivity contribution is 7.16. The monoisotopic (exact) mass is 472 g/mol. The summed E-state index contributed by atoms with van der Waals surface area (Å²) in [7, 11) is 0. The highest BCUT2D eigenvalue weighted by Gasteiger charge is 2.20. The summed E-state index contributed by atoms with van der Waals surface area (Å²) < 4.78 is 11.7. The van der Waals surface area contributed by atoms with Crippen LogP contribution in [-0.4, -0.2) is 23.4 Å². The normalized spacial score (nSPS) is 18.4. The number of ether oxygens (including phenoxy) is 2. The fourth-order valence-corrected chi connectivity index (χ4v) is 5.55. The number of benzene rings is 1. The lowest BCUT2D eigenvalue weighted by molar-refractivity contribution is 0.227. The molecule has 0 spiro atoms. The molecule has 1 fully saturated rings. The van der Waals surface area contributed by atoms with Crippen molar-refractivity contribution in [2.75, 3.05) is 13.2 Å². The van der Waals surface area contributed by atoms with Gasteiger partial charge >= 0.3 is 0 Å². The van der Waals surface area contributed by atoms with Crippen LogP contribution in [0.15, 0.2) is 24.3 Å². The van der Waals surface area contributed by atoms with Crippen molar-refractivity contribution >= 4 is 11.3 Å². The third-order valence-corrected chi connectivity index (χ3v) is 7.82. The number of hydrogen-bond donors (Lipinski definition) is 0. The van der Waals surface area contributed by atoms with Gasteiger partial charge in [-0.05, 0) is 55.4 Å². The highest BCUT2D eigenvalue weighted by atomic mass is 32.1. The van der Waals surface area contributed by atoms with E-state index in [0.717, 1.165) is 54.2 Å². The summed E-state index contributed by atoms with van der Waals surface area (Å²) in [6.45, 7) is 6.06. The molecule has 0 amide bonds. The van der Waals surface area contributed by atoms with Crippen LogP contribution < -0.4 is 9.47 Å². The Morgan fingerprint density at radius 3 is 2.06 bits per heavy atom. The van der Waals surface area contributed by atoms with Crippen molar-refractivity contribution in [2.45, 2.75) is 104 Å². The van der Waals surface area contributed by atoms with Gasteiger partial charge < -0.3 is 9.47 Å². The molecule has 2 aromatic rings. The molecule has 1 aliphatic carbocycles. The molecule has 5 heteroatoms. The fourth-order valence-electron chi connectivity index (χ4n) is 4.82. The number of rotatable bonds is 16. The first-order valence-electron chi connectivity index (χ1n) is 13.5. The van der Waals surface area contributed by atoms with Crippen LogP contribution >= 0.6 is 11.3 Å². The second-order valence-electron chi connectivity index (χ2n) is 9.68. The Balaban J connectivity index is 1.30. The van der Waals surface area contributed by atoms with E-state index in [0.29, 0.717) is 5.19 Å². The predicted molar refractivity (Wildman–Crippen MR) is 139 cm³/mol. The Bertz CT molecular complexity index is 754. The smallest absolute Gasteiger partial charge is 0.294 e. The molecule has 0 atom stereocenters. The van der Waals surface area contributed by atoms with E-state index in [4.69, 9.17) is 9.47 Å². The molecule has 0 N–H and O–H groups in total. The average molecular weight is 473 g/mol. The van der Waals surface area contributed by atoms with Crippen LogP contribution in [0.1, 0.15) is 104 Å². The molecule has 1 saturated carbocycles. The third-order valence-electron chi connectivity index (χ3n) is 6.94. The molecular formula is C28H44N2O2S. The minimum atomic E-state index is 0.681. The molecule has 184 valence electrons. The van der Waals surface area contributed by atoms with Gasteiger partial charge in [-0.1, -0.05) is 101 Å². The molecule has 0 unspecified atom stereocenters. The second-order valence-corrected chi connectivity index (χ2v) is 10.6. The Hall–Kier alpha value is -1.62. The molecule has 0 saturated heterocycles. The average Bonchev–Trinajstić information content (AvgIpc) is 3.32. The standard InChI is InChI=1S/C28H44N2O2S/c1-3-5-7-9-21-31-26-19-17-25(18-20-26)27-29-30-28(33-27)32-22-10-12-24-15-13-23(14-16-24)11-8-6-4-2/h17-20,23-24H,3-16,21-22H2,1-2H3/t23-,24-. The Morgan fingerprint density at radius 1 is 0.727 bits per heavy atom. The van der Waals surface area contributed by atoms with Gasteiger partial charge in [0.2, 0.25) is 0 Å². The van der Waals surface area contributed by atoms with E-state index in [1.54, 1.807) is 0 Å². The van der Waals surface area contributed by atoms with Gasteiger partial charge in [0.1, 0.15) is 5.75 Å². The van der Waals surface area contributed by atoms with Crippen LogP contribution in [0.3, 0.4) is 0 Å². The van der Waals surface area contributed by atoms with Gasteiger partial charge in [-0.2, -0.15) is 0 Å². The van der Waals surface area contributed by atoms with E-state index < -0.39 is 0 Å². The summed E-state index contributed by atoms with van der Waals surface area (Å²) in [4.78, 5) is 0. The van der Waals surface area contributed by atoms with Gasteiger partial charge in [0.05, 0.1) is 13.2 Å². The topological polar surface area (TPSA) is 44.2 Å². The molecule has 0 aliphatic heterocycles. The first-order valence-corrected chi connectivity index (χ1v) is 14.3. The maximum atomic E-state index is 5.92. The molecule has 1 aliphatic rings. The number of nitrogens with zero attached hydrogens (tertiary/aromatic N) is 2. The molecule has 0 radical (unpaired) electrons. The number of unbranched alkanes of at least 4 members (excludes halogenated alkanes) is 5. The van der Waals surface area contributed by atoms with Crippen LogP contribution in [0.4, 0.5) is 0 Å². The van der Waals surface area contributed by atoms with Crippen molar-refractivity contribution in [1.29, 1.82) is 0 Å². The molecular weight excluding hydrogens is 428 g/mol. The molecule has 3 rings (SSSR count). The highest BCUT2D eigenvalue weighted by Crippen LogP contribution is 2.34. The minimum absolute atomic E-state index is 0.681. The van der Waals surface area contributed by atoms with Gasteiger partial charge in [0.25, 0.3) is 5.19 Å². The second kappa shape index (κ2) is 15.3. The van der Waals surface area contributed by atoms with E-state index >= 15 is 0 Å². The van der Waals surface area contributed by atoms with E-state index in [1.165, 1.54) is 88.4 Å². The Kier molecular flexibility index (Phi) is 12.1. The largest absolute Gasteiger partial charge is 0.494 e. The van der Waals surface area contributed by atoms with Crippen molar-refractivity contribution in [2.24, 2.45) is 11.8 Å². The maximum absolute atomic E-state index is 5.92. The van der Waals surface area contributed by atoms with Gasteiger partial charge in [0, 0.05) is 5.56 Å². The van der Waals surface area contributed by atoms with Gasteiger partial charge in [-0.3, -0.25) is 0 Å². The van der Waals surface area contributed by atoms with E-state index in [1.807, 2.05) is 12.1 Å². The molecule has 1 aromatic carbocycles. The lowest BCUT2D eigenvalue weighted by Gasteiger charge is -2.28. The zero-order valence-electron chi connectivity index (χ0n) is 20.9. The van der Waals surface area contributed by atoms with Crippen molar-refractivity contribution < 1.29 is 9.47 Å². The van der Waals surface area contributed by atoms with Crippen molar-refractivity contribution in [3.8, 4) is 21.5 Å². The third kappa shape index (κ3) is 9.64. The summed E-state index contributed by atoms with van der Waals surface area (Å²) in [6, 6.07) is 8.17. The van der Waals surface area contributed by atoms with Crippen LogP contribution in [-0.2, 0) is 0 Å². The van der Waals surface area contributed by atoms with Crippen LogP contribution in [0.2, 0.25) is 0 Å². The van der Waals surface area contributed by atoms with Crippen molar-refractivity contribution in [3.05, 3.63) is 24.3 Å². The Morgan fingerprint density at radius 2 is 1.36 bits per heavy atom. The van der Waals surface area contributed by atoms with Crippen molar-refractivity contribution in [3.63, 3.8) is 0 Å². The molecule has 4 nitrogen and oxygen atoms in total. The van der Waals surface area contributed by atoms with E-state index in [-0.39, 0.29) is 0 Å². The summed E-state index contributed by atoms with van der Waals surface area (Å²) in [5.41, 5.74) is 1.07.